The molecule has 0 aromatic heterocycles. The first-order valence-electron chi connectivity index (χ1n) is 4.01. The lowest BCUT2D eigenvalue weighted by atomic mass is 9.87. The third-order valence-electron chi connectivity index (χ3n) is 1.84. The van der Waals surface area contributed by atoms with Crippen LogP contribution in [0.1, 0.15) is 26.3 Å². The predicted molar refractivity (Wildman–Crippen MR) is 64.5 cm³/mol. The number of halogens is 2. The van der Waals surface area contributed by atoms with E-state index in [1.165, 1.54) is 0 Å². The molecule has 13 heavy (non-hydrogen) atoms. The molecule has 0 aliphatic carbocycles. The molecule has 0 saturated carbocycles. The number of benzene rings is 1. The van der Waals surface area contributed by atoms with Crippen LogP contribution < -0.4 is 0 Å². The van der Waals surface area contributed by atoms with Crippen LogP contribution in [0.5, 0.6) is 5.75 Å². The van der Waals surface area contributed by atoms with Gasteiger partial charge in [-0.2, -0.15) is 0 Å². The molecule has 0 amide bonds. The molecule has 0 radical (unpaired) electrons. The summed E-state index contributed by atoms with van der Waals surface area (Å²) in [6.45, 7) is 6.30. The van der Waals surface area contributed by atoms with Gasteiger partial charge in [0.2, 0.25) is 0 Å². The van der Waals surface area contributed by atoms with Crippen molar-refractivity contribution in [3.63, 3.8) is 0 Å². The number of phenols is 1. The van der Waals surface area contributed by atoms with Crippen molar-refractivity contribution in [3.05, 3.63) is 26.3 Å². The van der Waals surface area contributed by atoms with Crippen LogP contribution in [-0.2, 0) is 5.41 Å². The Labute approximate surface area is 97.3 Å². The predicted octanol–water partition coefficient (Wildman–Crippen LogP) is 3.95. The molecule has 0 saturated heterocycles. The van der Waals surface area contributed by atoms with E-state index in [0.29, 0.717) is 5.02 Å². The van der Waals surface area contributed by atoms with Crippen molar-refractivity contribution in [2.24, 2.45) is 0 Å². The van der Waals surface area contributed by atoms with E-state index in [-0.39, 0.29) is 11.2 Å². The maximum Gasteiger partial charge on any atom is 0.130 e. The van der Waals surface area contributed by atoms with Crippen LogP contribution in [0.15, 0.2) is 12.1 Å². The van der Waals surface area contributed by atoms with Gasteiger partial charge in [0.15, 0.2) is 0 Å². The van der Waals surface area contributed by atoms with Crippen LogP contribution in [0.3, 0.4) is 0 Å². The molecule has 0 bridgehead atoms. The van der Waals surface area contributed by atoms with Crippen LogP contribution in [0.4, 0.5) is 0 Å². The minimum Gasteiger partial charge on any atom is -0.507 e. The monoisotopic (exact) mass is 310 g/mol. The summed E-state index contributed by atoms with van der Waals surface area (Å²) in [5, 5.41) is 10.0. The lowest BCUT2D eigenvalue weighted by Gasteiger charge is -2.21. The quantitative estimate of drug-likeness (QED) is 0.720. The van der Waals surface area contributed by atoms with Crippen molar-refractivity contribution < 1.29 is 5.11 Å². The van der Waals surface area contributed by atoms with Crippen LogP contribution in [-0.4, -0.2) is 5.11 Å². The molecular formula is C10H12ClIO. The van der Waals surface area contributed by atoms with Gasteiger partial charge in [0.1, 0.15) is 5.75 Å². The van der Waals surface area contributed by atoms with Gasteiger partial charge in [-0.05, 0) is 45.7 Å². The van der Waals surface area contributed by atoms with Crippen LogP contribution in [0.2, 0.25) is 5.02 Å². The highest BCUT2D eigenvalue weighted by Crippen LogP contribution is 2.34. The lowest BCUT2D eigenvalue weighted by Crippen LogP contribution is -2.11. The highest BCUT2D eigenvalue weighted by Gasteiger charge is 2.18. The summed E-state index contributed by atoms with van der Waals surface area (Å²) in [6.07, 6.45) is 0. The van der Waals surface area contributed by atoms with Crippen LogP contribution >= 0.6 is 34.2 Å². The van der Waals surface area contributed by atoms with Crippen molar-refractivity contribution in [2.45, 2.75) is 26.2 Å². The summed E-state index contributed by atoms with van der Waals surface area (Å²) in [5.41, 5.74) is 1.08. The van der Waals surface area contributed by atoms with E-state index in [9.17, 15) is 5.11 Å². The average Bonchev–Trinajstić information content (AvgIpc) is 1.94. The molecule has 0 fully saturated rings. The Hall–Kier alpha value is 0.0400. The fourth-order valence-corrected chi connectivity index (χ4v) is 2.02. The number of hydrogen-bond acceptors (Lipinski definition) is 1. The summed E-state index contributed by atoms with van der Waals surface area (Å²) < 4.78 is 0.840. The molecule has 0 aliphatic heterocycles. The van der Waals surface area contributed by atoms with Crippen LogP contribution in [0, 0.1) is 3.57 Å². The zero-order valence-corrected chi connectivity index (χ0v) is 10.8. The Morgan fingerprint density at radius 3 is 2.31 bits per heavy atom. The molecule has 0 unspecified atom stereocenters. The molecule has 1 nitrogen and oxygen atoms in total. The van der Waals surface area contributed by atoms with E-state index >= 15 is 0 Å². The summed E-state index contributed by atoms with van der Waals surface area (Å²) in [5.74, 6) is 0.249. The maximum absolute atomic E-state index is 9.40. The van der Waals surface area contributed by atoms with Gasteiger partial charge in [-0.3, -0.25) is 0 Å². The van der Waals surface area contributed by atoms with E-state index in [1.807, 2.05) is 6.07 Å². The van der Waals surface area contributed by atoms with Crippen molar-refractivity contribution in [3.8, 4) is 5.75 Å². The first kappa shape index (κ1) is 11.1. The van der Waals surface area contributed by atoms with Crippen LogP contribution in [0.25, 0.3) is 0 Å². The molecule has 3 heteroatoms. The molecule has 1 rings (SSSR count). The summed E-state index contributed by atoms with van der Waals surface area (Å²) >= 11 is 8.12. The first-order valence-corrected chi connectivity index (χ1v) is 5.46. The standard InChI is InChI=1S/C10H12ClIO/c1-10(2,3)6-4-8(12)9(13)5-7(6)11/h4-5,13H,1-3H3. The van der Waals surface area contributed by atoms with E-state index in [4.69, 9.17) is 11.6 Å². The summed E-state index contributed by atoms with van der Waals surface area (Å²) in [6, 6.07) is 3.53. The molecule has 1 aromatic rings. The average molecular weight is 311 g/mol. The van der Waals surface area contributed by atoms with Gasteiger partial charge >= 0.3 is 0 Å². The zero-order chi connectivity index (χ0) is 10.2. The number of hydrogen-bond donors (Lipinski definition) is 1. The van der Waals surface area contributed by atoms with Gasteiger partial charge in [0.05, 0.1) is 3.57 Å². The SMILES string of the molecule is CC(C)(C)c1cc(I)c(O)cc1Cl. The maximum atomic E-state index is 9.40. The largest absolute Gasteiger partial charge is 0.507 e. The number of aromatic hydroxyl groups is 1. The Morgan fingerprint density at radius 1 is 1.31 bits per heavy atom. The Morgan fingerprint density at radius 2 is 1.85 bits per heavy atom. The normalized spacial score (nSPS) is 11.8. The minimum atomic E-state index is 0.0186. The van der Waals surface area contributed by atoms with Gasteiger partial charge in [-0.1, -0.05) is 32.4 Å². The Bertz CT molecular complexity index is 328. The molecule has 0 aliphatic rings. The molecular weight excluding hydrogens is 298 g/mol. The van der Waals surface area contributed by atoms with Gasteiger partial charge < -0.3 is 5.11 Å². The fraction of sp³-hybridized carbons (Fsp3) is 0.400. The van der Waals surface area contributed by atoms with Crippen molar-refractivity contribution in [2.75, 3.05) is 0 Å². The van der Waals surface area contributed by atoms with E-state index < -0.39 is 0 Å². The zero-order valence-electron chi connectivity index (χ0n) is 7.86. The van der Waals surface area contributed by atoms with Gasteiger partial charge in [-0.25, -0.2) is 0 Å². The Balaban J connectivity index is 3.32. The molecule has 1 N–H and O–H groups in total. The van der Waals surface area contributed by atoms with E-state index in [1.54, 1.807) is 6.07 Å². The van der Waals surface area contributed by atoms with Gasteiger partial charge in [0.25, 0.3) is 0 Å². The molecule has 0 heterocycles. The van der Waals surface area contributed by atoms with Crippen molar-refractivity contribution in [1.29, 1.82) is 0 Å². The third kappa shape index (κ3) is 2.50. The second-order valence-electron chi connectivity index (χ2n) is 4.03. The molecule has 0 spiro atoms. The summed E-state index contributed by atoms with van der Waals surface area (Å²) in [7, 11) is 0. The second-order valence-corrected chi connectivity index (χ2v) is 5.60. The smallest absolute Gasteiger partial charge is 0.130 e. The van der Waals surface area contributed by atoms with Gasteiger partial charge in [-0.15, -0.1) is 0 Å². The molecule has 0 atom stereocenters. The van der Waals surface area contributed by atoms with E-state index in [2.05, 4.69) is 43.4 Å². The highest BCUT2D eigenvalue weighted by atomic mass is 127. The molecule has 72 valence electrons. The van der Waals surface area contributed by atoms with Crippen molar-refractivity contribution in [1.82, 2.24) is 0 Å². The lowest BCUT2D eigenvalue weighted by molar-refractivity contribution is 0.470. The highest BCUT2D eigenvalue weighted by molar-refractivity contribution is 14.1. The Kier molecular flexibility index (Phi) is 3.12. The van der Waals surface area contributed by atoms with Gasteiger partial charge in [0, 0.05) is 5.02 Å². The fourth-order valence-electron chi connectivity index (χ4n) is 1.11. The minimum absolute atomic E-state index is 0.0186. The van der Waals surface area contributed by atoms with E-state index in [0.717, 1.165) is 9.13 Å². The second kappa shape index (κ2) is 3.65. The first-order chi connectivity index (χ1) is 5.82. The summed E-state index contributed by atoms with van der Waals surface area (Å²) in [4.78, 5) is 0. The number of phenolic OH excluding ortho intramolecular Hbond substituents is 1. The van der Waals surface area contributed by atoms with Crippen molar-refractivity contribution >= 4 is 34.2 Å². The topological polar surface area (TPSA) is 20.2 Å². The number of rotatable bonds is 0. The third-order valence-corrected chi connectivity index (χ3v) is 3.02. The molecule has 1 aromatic carbocycles.